The second kappa shape index (κ2) is 14.5. The van der Waals surface area contributed by atoms with Crippen LogP contribution in [0.1, 0.15) is 44.0 Å². The number of aromatic nitrogens is 1. The number of anilines is 1. The maximum atomic E-state index is 14.1. The number of rotatable bonds is 13. The van der Waals surface area contributed by atoms with Crippen LogP contribution in [-0.2, 0) is 9.53 Å². The lowest BCUT2D eigenvalue weighted by molar-refractivity contribution is -0.140. The standard InChI is InChI=1S/C33H34F2N2O7/c1-5-36(23-14-21(34)13-22(35)15-23)33(40)29-20-37(24-16-26(42-6-2)18-27(17-24)43-7-3)30-19-25(10-11-28(30)32(29)39)44-12-8-9-31(38)41-4/h10-11,13-20H,5-9,12H2,1-4H3. The fraction of sp³-hybridized carbons (Fsp3) is 0.303. The highest BCUT2D eigenvalue weighted by Gasteiger charge is 2.24. The van der Waals surface area contributed by atoms with Crippen molar-refractivity contribution in [3.05, 3.63) is 88.2 Å². The van der Waals surface area contributed by atoms with Gasteiger partial charge in [-0.25, -0.2) is 8.78 Å². The Labute approximate surface area is 253 Å². The van der Waals surface area contributed by atoms with Gasteiger partial charge < -0.3 is 28.4 Å². The van der Waals surface area contributed by atoms with Gasteiger partial charge >= 0.3 is 5.97 Å². The Morgan fingerprint density at radius 1 is 0.841 bits per heavy atom. The average molecular weight is 609 g/mol. The molecule has 4 rings (SSSR count). The molecule has 0 atom stereocenters. The van der Waals surface area contributed by atoms with Gasteiger partial charge in [0.25, 0.3) is 5.91 Å². The smallest absolute Gasteiger partial charge is 0.305 e. The third kappa shape index (κ3) is 7.34. The van der Waals surface area contributed by atoms with Crippen LogP contribution in [0.4, 0.5) is 14.5 Å². The molecule has 1 heterocycles. The third-order valence-corrected chi connectivity index (χ3v) is 6.71. The van der Waals surface area contributed by atoms with Crippen molar-refractivity contribution >= 4 is 28.5 Å². The van der Waals surface area contributed by atoms with Gasteiger partial charge in [-0.05, 0) is 51.5 Å². The van der Waals surface area contributed by atoms with E-state index in [-0.39, 0.29) is 42.2 Å². The molecular formula is C33H34F2N2O7. The zero-order chi connectivity index (χ0) is 31.8. The van der Waals surface area contributed by atoms with Gasteiger partial charge in [-0.2, -0.15) is 0 Å². The topological polar surface area (TPSA) is 96.3 Å². The number of ether oxygens (including phenoxy) is 4. The Morgan fingerprint density at radius 3 is 2.09 bits per heavy atom. The van der Waals surface area contributed by atoms with Gasteiger partial charge in [-0.3, -0.25) is 14.4 Å². The summed E-state index contributed by atoms with van der Waals surface area (Å²) in [5, 5.41) is 0.207. The highest BCUT2D eigenvalue weighted by atomic mass is 19.1. The molecule has 0 N–H and O–H groups in total. The Hall–Kier alpha value is -4.93. The predicted molar refractivity (Wildman–Crippen MR) is 162 cm³/mol. The van der Waals surface area contributed by atoms with Crippen LogP contribution in [0.3, 0.4) is 0 Å². The van der Waals surface area contributed by atoms with Crippen LogP contribution >= 0.6 is 0 Å². The molecule has 0 radical (unpaired) electrons. The molecular weight excluding hydrogens is 574 g/mol. The SMILES string of the molecule is CCOc1cc(OCC)cc(-n2cc(C(=O)N(CC)c3cc(F)cc(F)c3)c(=O)c3ccc(OCCCC(=O)OC)cc32)c1. The molecule has 0 aliphatic heterocycles. The van der Waals surface area contributed by atoms with Gasteiger partial charge in [0, 0.05) is 60.6 Å². The number of pyridine rings is 1. The second-order valence-corrected chi connectivity index (χ2v) is 9.65. The summed E-state index contributed by atoms with van der Waals surface area (Å²) in [6.45, 7) is 6.39. The highest BCUT2D eigenvalue weighted by molar-refractivity contribution is 6.07. The van der Waals surface area contributed by atoms with Gasteiger partial charge in [-0.15, -0.1) is 0 Å². The van der Waals surface area contributed by atoms with Gasteiger partial charge in [0.15, 0.2) is 0 Å². The Kier molecular flexibility index (Phi) is 10.5. The largest absolute Gasteiger partial charge is 0.494 e. The van der Waals surface area contributed by atoms with E-state index in [2.05, 4.69) is 4.74 Å². The number of carbonyl (C=O) groups is 2. The van der Waals surface area contributed by atoms with Crippen molar-refractivity contribution in [3.63, 3.8) is 0 Å². The number of carbonyl (C=O) groups excluding carboxylic acids is 2. The zero-order valence-electron chi connectivity index (χ0n) is 25.0. The Morgan fingerprint density at radius 2 is 1.50 bits per heavy atom. The van der Waals surface area contributed by atoms with Crippen LogP contribution in [0.25, 0.3) is 16.6 Å². The van der Waals surface area contributed by atoms with Crippen molar-refractivity contribution in [1.82, 2.24) is 4.57 Å². The number of benzene rings is 3. The minimum absolute atomic E-state index is 0.0197. The highest BCUT2D eigenvalue weighted by Crippen LogP contribution is 2.30. The number of hydrogen-bond acceptors (Lipinski definition) is 7. The van der Waals surface area contributed by atoms with Crippen molar-refractivity contribution in [3.8, 4) is 22.9 Å². The third-order valence-electron chi connectivity index (χ3n) is 6.71. The summed E-state index contributed by atoms with van der Waals surface area (Å²) in [5.41, 5.74) is 0.151. The minimum Gasteiger partial charge on any atom is -0.494 e. The monoisotopic (exact) mass is 608 g/mol. The zero-order valence-corrected chi connectivity index (χ0v) is 25.0. The molecule has 0 spiro atoms. The van der Waals surface area contributed by atoms with Crippen LogP contribution in [0, 0.1) is 11.6 Å². The number of hydrogen-bond donors (Lipinski definition) is 0. The molecule has 0 fully saturated rings. The Bertz CT molecular complexity index is 1680. The van der Waals surface area contributed by atoms with Crippen LogP contribution in [-0.4, -0.2) is 49.9 Å². The molecule has 1 amide bonds. The fourth-order valence-electron chi connectivity index (χ4n) is 4.75. The van der Waals surface area contributed by atoms with E-state index in [9.17, 15) is 23.2 Å². The van der Waals surface area contributed by atoms with Crippen LogP contribution in [0.5, 0.6) is 17.2 Å². The molecule has 0 aliphatic carbocycles. The van der Waals surface area contributed by atoms with E-state index in [0.717, 1.165) is 17.0 Å². The molecule has 9 nitrogen and oxygen atoms in total. The molecule has 232 valence electrons. The maximum absolute atomic E-state index is 14.1. The van der Waals surface area contributed by atoms with E-state index in [4.69, 9.17) is 14.2 Å². The summed E-state index contributed by atoms with van der Waals surface area (Å²) in [7, 11) is 1.32. The summed E-state index contributed by atoms with van der Waals surface area (Å²) in [4.78, 5) is 40.3. The number of methoxy groups -OCH3 is 1. The van der Waals surface area contributed by atoms with Crippen molar-refractivity contribution in [2.75, 3.05) is 38.4 Å². The molecule has 0 saturated heterocycles. The van der Waals surface area contributed by atoms with E-state index in [0.29, 0.717) is 54.2 Å². The molecule has 4 aromatic rings. The van der Waals surface area contributed by atoms with Gasteiger partial charge in [0.2, 0.25) is 5.43 Å². The minimum atomic E-state index is -0.850. The van der Waals surface area contributed by atoms with E-state index in [1.807, 2.05) is 13.8 Å². The number of nitrogens with zero attached hydrogens (tertiary/aromatic N) is 2. The van der Waals surface area contributed by atoms with Crippen molar-refractivity contribution in [1.29, 1.82) is 0 Å². The second-order valence-electron chi connectivity index (χ2n) is 9.65. The first-order chi connectivity index (χ1) is 21.2. The van der Waals surface area contributed by atoms with Crippen molar-refractivity contribution in [2.45, 2.75) is 33.6 Å². The number of halogens is 2. The lowest BCUT2D eigenvalue weighted by Crippen LogP contribution is -2.35. The first-order valence-electron chi connectivity index (χ1n) is 14.3. The van der Waals surface area contributed by atoms with E-state index in [1.165, 1.54) is 13.3 Å². The van der Waals surface area contributed by atoms with Gasteiger partial charge in [0.1, 0.15) is 34.4 Å². The van der Waals surface area contributed by atoms with Crippen LogP contribution < -0.4 is 24.5 Å². The molecule has 0 unspecified atom stereocenters. The number of fused-ring (bicyclic) bond motifs is 1. The average Bonchev–Trinajstić information content (AvgIpc) is 2.99. The van der Waals surface area contributed by atoms with Crippen molar-refractivity contribution < 1.29 is 37.3 Å². The molecule has 1 aromatic heterocycles. The molecule has 44 heavy (non-hydrogen) atoms. The van der Waals surface area contributed by atoms with Crippen LogP contribution in [0.2, 0.25) is 0 Å². The summed E-state index contributed by atoms with van der Waals surface area (Å²) < 4.78 is 51.8. The van der Waals surface area contributed by atoms with Gasteiger partial charge in [-0.1, -0.05) is 0 Å². The quantitative estimate of drug-likeness (QED) is 0.134. The normalized spacial score (nSPS) is 10.9. The predicted octanol–water partition coefficient (Wildman–Crippen LogP) is 6.07. The van der Waals surface area contributed by atoms with Gasteiger partial charge in [0.05, 0.1) is 38.1 Å². The fourth-order valence-corrected chi connectivity index (χ4v) is 4.75. The molecule has 11 heteroatoms. The summed E-state index contributed by atoms with van der Waals surface area (Å²) in [6, 6.07) is 12.8. The van der Waals surface area contributed by atoms with E-state index < -0.39 is 23.0 Å². The lowest BCUT2D eigenvalue weighted by atomic mass is 10.1. The van der Waals surface area contributed by atoms with E-state index >= 15 is 0 Å². The lowest BCUT2D eigenvalue weighted by Gasteiger charge is -2.22. The molecule has 0 saturated carbocycles. The molecule has 0 bridgehead atoms. The summed E-state index contributed by atoms with van der Waals surface area (Å²) in [6.07, 6.45) is 2.01. The summed E-state index contributed by atoms with van der Waals surface area (Å²) >= 11 is 0. The molecule has 0 aliphatic rings. The Balaban J connectivity index is 1.88. The first kappa shape index (κ1) is 32.0. The van der Waals surface area contributed by atoms with E-state index in [1.54, 1.807) is 47.9 Å². The first-order valence-corrected chi connectivity index (χ1v) is 14.3. The number of amides is 1. The maximum Gasteiger partial charge on any atom is 0.305 e. The molecule has 3 aromatic carbocycles. The number of esters is 1. The van der Waals surface area contributed by atoms with Crippen LogP contribution in [0.15, 0.2) is 65.6 Å². The van der Waals surface area contributed by atoms with Crippen molar-refractivity contribution in [2.24, 2.45) is 0 Å². The summed E-state index contributed by atoms with van der Waals surface area (Å²) in [5.74, 6) is -1.32.